The quantitative estimate of drug-likeness (QED) is 0.752. The number of carbonyl (C=O) groups is 2. The minimum absolute atomic E-state index is 0.154. The van der Waals surface area contributed by atoms with Crippen molar-refractivity contribution in [3.63, 3.8) is 0 Å². The van der Waals surface area contributed by atoms with Gasteiger partial charge in [0.2, 0.25) is 0 Å². The minimum Gasteiger partial charge on any atom is -0.497 e. The first-order valence-electron chi connectivity index (χ1n) is 8.20. The first-order chi connectivity index (χ1) is 12.0. The van der Waals surface area contributed by atoms with Gasteiger partial charge in [-0.15, -0.1) is 11.3 Å². The SMILES string of the molecule is COc1ccc2c(Cl)c(C(=O)OCC(=O)N3CCC(C)CC3)sc2c1. The molecule has 0 aliphatic carbocycles. The van der Waals surface area contributed by atoms with Crippen LogP contribution in [0.1, 0.15) is 29.4 Å². The molecular formula is C18H20ClNO4S. The van der Waals surface area contributed by atoms with E-state index in [2.05, 4.69) is 6.92 Å². The highest BCUT2D eigenvalue weighted by molar-refractivity contribution is 7.21. The van der Waals surface area contributed by atoms with Gasteiger partial charge in [0.15, 0.2) is 6.61 Å². The minimum atomic E-state index is -0.566. The van der Waals surface area contributed by atoms with Gasteiger partial charge in [-0.1, -0.05) is 18.5 Å². The Morgan fingerprint density at radius 2 is 2.04 bits per heavy atom. The molecule has 0 spiro atoms. The van der Waals surface area contributed by atoms with E-state index in [4.69, 9.17) is 21.1 Å². The van der Waals surface area contributed by atoms with Crippen LogP contribution in [0.25, 0.3) is 10.1 Å². The number of hydrogen-bond donors (Lipinski definition) is 0. The standard InChI is InChI=1S/C18H20ClNO4S/c1-11-5-7-20(8-6-11)15(21)10-24-18(22)17-16(19)13-4-3-12(23-2)9-14(13)25-17/h3-4,9,11H,5-8,10H2,1-2H3. The molecule has 1 aromatic carbocycles. The Morgan fingerprint density at radius 3 is 2.72 bits per heavy atom. The molecular weight excluding hydrogens is 362 g/mol. The van der Waals surface area contributed by atoms with E-state index in [-0.39, 0.29) is 12.5 Å². The molecule has 0 unspecified atom stereocenters. The fourth-order valence-corrected chi connectivity index (χ4v) is 4.28. The maximum absolute atomic E-state index is 12.3. The van der Waals surface area contributed by atoms with E-state index >= 15 is 0 Å². The van der Waals surface area contributed by atoms with E-state index in [0.717, 1.165) is 36.0 Å². The molecule has 1 amide bonds. The van der Waals surface area contributed by atoms with Gasteiger partial charge in [-0.2, -0.15) is 0 Å². The second kappa shape index (κ2) is 7.62. The number of ether oxygens (including phenoxy) is 2. The Labute approximate surface area is 155 Å². The van der Waals surface area contributed by atoms with E-state index in [0.29, 0.717) is 21.6 Å². The Balaban J connectivity index is 1.66. The smallest absolute Gasteiger partial charge is 0.350 e. The van der Waals surface area contributed by atoms with Crippen molar-refractivity contribution in [2.75, 3.05) is 26.8 Å². The number of likely N-dealkylation sites (tertiary alicyclic amines) is 1. The maximum Gasteiger partial charge on any atom is 0.350 e. The fourth-order valence-electron chi connectivity index (χ4n) is 2.85. The Morgan fingerprint density at radius 1 is 1.32 bits per heavy atom. The molecule has 2 heterocycles. The number of methoxy groups -OCH3 is 1. The molecule has 0 radical (unpaired) electrons. The summed E-state index contributed by atoms with van der Waals surface area (Å²) in [6, 6.07) is 5.42. The summed E-state index contributed by atoms with van der Waals surface area (Å²) in [6.45, 7) is 3.38. The molecule has 1 aliphatic heterocycles. The predicted molar refractivity (Wildman–Crippen MR) is 98.6 cm³/mol. The average Bonchev–Trinajstić information content (AvgIpc) is 2.96. The van der Waals surface area contributed by atoms with E-state index < -0.39 is 5.97 Å². The summed E-state index contributed by atoms with van der Waals surface area (Å²) in [5, 5.41) is 1.13. The van der Waals surface area contributed by atoms with Crippen LogP contribution in [0.2, 0.25) is 5.02 Å². The summed E-state index contributed by atoms with van der Waals surface area (Å²) < 4.78 is 11.2. The lowest BCUT2D eigenvalue weighted by molar-refractivity contribution is -0.135. The van der Waals surface area contributed by atoms with Gasteiger partial charge in [0, 0.05) is 23.2 Å². The van der Waals surface area contributed by atoms with Gasteiger partial charge in [0.25, 0.3) is 5.91 Å². The largest absolute Gasteiger partial charge is 0.497 e. The third kappa shape index (κ3) is 3.90. The van der Waals surface area contributed by atoms with Crippen LogP contribution in [0.4, 0.5) is 0 Å². The second-order valence-corrected chi connectivity index (χ2v) is 7.68. The summed E-state index contributed by atoms with van der Waals surface area (Å²) in [5.74, 6) is 0.615. The zero-order chi connectivity index (χ0) is 18.0. The number of esters is 1. The van der Waals surface area contributed by atoms with Gasteiger partial charge in [-0.05, 0) is 37.0 Å². The van der Waals surface area contributed by atoms with Gasteiger partial charge in [0.1, 0.15) is 10.6 Å². The van der Waals surface area contributed by atoms with Crippen LogP contribution in [-0.2, 0) is 9.53 Å². The monoisotopic (exact) mass is 381 g/mol. The zero-order valence-electron chi connectivity index (χ0n) is 14.2. The number of rotatable bonds is 4. The van der Waals surface area contributed by atoms with Crippen molar-refractivity contribution in [1.82, 2.24) is 4.90 Å². The summed E-state index contributed by atoms with van der Waals surface area (Å²) in [5.41, 5.74) is 0. The number of halogens is 1. The number of benzene rings is 1. The van der Waals surface area contributed by atoms with Crippen LogP contribution in [0.5, 0.6) is 5.75 Å². The average molecular weight is 382 g/mol. The van der Waals surface area contributed by atoms with Gasteiger partial charge in [-0.25, -0.2) is 4.79 Å². The van der Waals surface area contributed by atoms with E-state index in [1.54, 1.807) is 18.1 Å². The fraction of sp³-hybridized carbons (Fsp3) is 0.444. The van der Waals surface area contributed by atoms with Gasteiger partial charge in [0.05, 0.1) is 12.1 Å². The molecule has 1 saturated heterocycles. The number of piperidine rings is 1. The highest BCUT2D eigenvalue weighted by Gasteiger charge is 2.23. The molecule has 1 aromatic heterocycles. The second-order valence-electron chi connectivity index (χ2n) is 6.25. The number of hydrogen-bond acceptors (Lipinski definition) is 5. The van der Waals surface area contributed by atoms with Crippen molar-refractivity contribution >= 4 is 44.9 Å². The molecule has 134 valence electrons. The molecule has 0 bridgehead atoms. The summed E-state index contributed by atoms with van der Waals surface area (Å²) >= 11 is 7.54. The van der Waals surface area contributed by atoms with Crippen LogP contribution >= 0.6 is 22.9 Å². The van der Waals surface area contributed by atoms with E-state index in [1.165, 1.54) is 11.3 Å². The van der Waals surface area contributed by atoms with Gasteiger partial charge < -0.3 is 14.4 Å². The lowest BCUT2D eigenvalue weighted by atomic mass is 9.99. The third-order valence-corrected chi connectivity index (χ3v) is 6.12. The summed E-state index contributed by atoms with van der Waals surface area (Å²) in [6.07, 6.45) is 1.98. The molecule has 2 aromatic rings. The highest BCUT2D eigenvalue weighted by Crippen LogP contribution is 2.37. The van der Waals surface area contributed by atoms with Crippen LogP contribution in [-0.4, -0.2) is 43.6 Å². The molecule has 25 heavy (non-hydrogen) atoms. The predicted octanol–water partition coefficient (Wildman–Crippen LogP) is 3.98. The number of carbonyl (C=O) groups excluding carboxylic acids is 2. The molecule has 5 nitrogen and oxygen atoms in total. The van der Waals surface area contributed by atoms with Crippen LogP contribution in [0.3, 0.4) is 0 Å². The topological polar surface area (TPSA) is 55.8 Å². The Kier molecular flexibility index (Phi) is 5.49. The van der Waals surface area contributed by atoms with Crippen molar-refractivity contribution in [2.24, 2.45) is 5.92 Å². The van der Waals surface area contributed by atoms with Gasteiger partial charge in [-0.3, -0.25) is 4.79 Å². The molecule has 1 aliphatic rings. The number of amides is 1. The molecule has 3 rings (SSSR count). The van der Waals surface area contributed by atoms with Crippen LogP contribution in [0, 0.1) is 5.92 Å². The van der Waals surface area contributed by atoms with Crippen molar-refractivity contribution in [3.8, 4) is 5.75 Å². The Hall–Kier alpha value is -1.79. The third-order valence-electron chi connectivity index (χ3n) is 4.49. The maximum atomic E-state index is 12.3. The first kappa shape index (κ1) is 18.0. The number of nitrogens with zero attached hydrogens (tertiary/aromatic N) is 1. The zero-order valence-corrected chi connectivity index (χ0v) is 15.8. The van der Waals surface area contributed by atoms with Crippen LogP contribution in [0.15, 0.2) is 18.2 Å². The molecule has 1 fully saturated rings. The van der Waals surface area contributed by atoms with Crippen LogP contribution < -0.4 is 4.74 Å². The number of thiophene rings is 1. The molecule has 0 N–H and O–H groups in total. The van der Waals surface area contributed by atoms with Gasteiger partial charge >= 0.3 is 5.97 Å². The lowest BCUT2D eigenvalue weighted by Crippen LogP contribution is -2.40. The van der Waals surface area contributed by atoms with Crippen molar-refractivity contribution in [1.29, 1.82) is 0 Å². The van der Waals surface area contributed by atoms with E-state index in [9.17, 15) is 9.59 Å². The summed E-state index contributed by atoms with van der Waals surface area (Å²) in [7, 11) is 1.58. The Bertz CT molecular complexity index is 796. The normalized spacial score (nSPS) is 15.4. The van der Waals surface area contributed by atoms with Crippen molar-refractivity contribution in [2.45, 2.75) is 19.8 Å². The molecule has 0 atom stereocenters. The van der Waals surface area contributed by atoms with E-state index in [1.807, 2.05) is 12.1 Å². The number of fused-ring (bicyclic) bond motifs is 1. The highest BCUT2D eigenvalue weighted by atomic mass is 35.5. The first-order valence-corrected chi connectivity index (χ1v) is 9.40. The molecule has 0 saturated carbocycles. The van der Waals surface area contributed by atoms with Crippen molar-refractivity contribution < 1.29 is 19.1 Å². The summed E-state index contributed by atoms with van der Waals surface area (Å²) in [4.78, 5) is 26.6. The lowest BCUT2D eigenvalue weighted by Gasteiger charge is -2.30. The van der Waals surface area contributed by atoms with Crippen molar-refractivity contribution in [3.05, 3.63) is 28.1 Å². The molecule has 7 heteroatoms.